The van der Waals surface area contributed by atoms with E-state index in [1.165, 1.54) is 10.8 Å². The van der Waals surface area contributed by atoms with Gasteiger partial charge >= 0.3 is 0 Å². The minimum absolute atomic E-state index is 0.529. The zero-order valence-electron chi connectivity index (χ0n) is 33.3. The predicted octanol–water partition coefficient (Wildman–Crippen LogP) is 14.5. The Morgan fingerprint density at radius 3 is 1.55 bits per heavy atom. The Labute approximate surface area is 357 Å². The van der Waals surface area contributed by atoms with Gasteiger partial charge in [-0.2, -0.15) is 10.5 Å². The summed E-state index contributed by atoms with van der Waals surface area (Å²) in [6.45, 7) is 0. The van der Waals surface area contributed by atoms with E-state index in [0.717, 1.165) is 89.5 Å². The van der Waals surface area contributed by atoms with E-state index >= 15 is 0 Å². The molecule has 0 N–H and O–H groups in total. The third-order valence-electron chi connectivity index (χ3n) is 12.2. The maximum atomic E-state index is 10.6. The van der Waals surface area contributed by atoms with Crippen molar-refractivity contribution in [1.29, 1.82) is 10.5 Å². The number of anilines is 6. The molecule has 0 saturated carbocycles. The number of benzene rings is 9. The topological polar surface area (TPSA) is 63.9 Å². The molecule has 0 atom stereocenters. The molecule has 2 aromatic heterocycles. The third kappa shape index (κ3) is 5.35. The summed E-state index contributed by atoms with van der Waals surface area (Å²) in [4.78, 5) is 4.55. The average Bonchev–Trinajstić information content (AvgIpc) is 3.86. The summed E-state index contributed by atoms with van der Waals surface area (Å²) in [7, 11) is 0. The van der Waals surface area contributed by atoms with E-state index in [9.17, 15) is 10.5 Å². The van der Waals surface area contributed by atoms with Crippen molar-refractivity contribution in [3.8, 4) is 34.6 Å². The van der Waals surface area contributed by atoms with Crippen LogP contribution in [-0.4, -0.2) is 9.13 Å². The lowest BCUT2D eigenvalue weighted by atomic mass is 9.98. The van der Waals surface area contributed by atoms with Gasteiger partial charge in [0.2, 0.25) is 0 Å². The first-order valence-electron chi connectivity index (χ1n) is 20.6. The van der Waals surface area contributed by atoms with Crippen molar-refractivity contribution >= 4 is 77.7 Å². The van der Waals surface area contributed by atoms with Crippen molar-refractivity contribution in [2.75, 3.05) is 9.80 Å². The Kier molecular flexibility index (Phi) is 7.87. The molecule has 12 rings (SSSR count). The van der Waals surface area contributed by atoms with Crippen LogP contribution in [-0.2, 0) is 0 Å². The predicted molar refractivity (Wildman–Crippen MR) is 253 cm³/mol. The van der Waals surface area contributed by atoms with Crippen LogP contribution in [0.2, 0.25) is 0 Å². The van der Waals surface area contributed by atoms with Crippen molar-refractivity contribution < 1.29 is 0 Å². The number of fused-ring (bicyclic) bond motifs is 8. The van der Waals surface area contributed by atoms with Gasteiger partial charge in [0.1, 0.15) is 0 Å². The quantitative estimate of drug-likeness (QED) is 0.168. The zero-order chi connectivity index (χ0) is 41.3. The molecule has 11 aromatic rings. The zero-order valence-corrected chi connectivity index (χ0v) is 33.3. The highest BCUT2D eigenvalue weighted by atomic mass is 15.2. The summed E-state index contributed by atoms with van der Waals surface area (Å²) in [5.41, 5.74) is 15.1. The van der Waals surface area contributed by atoms with Gasteiger partial charge in [-0.3, -0.25) is 0 Å². The second-order valence-corrected chi connectivity index (χ2v) is 15.7. The Morgan fingerprint density at radius 1 is 0.355 bits per heavy atom. The van der Waals surface area contributed by atoms with E-state index in [2.05, 4.69) is 201 Å². The molecule has 1 aliphatic heterocycles. The monoisotopic (exact) mass is 790 g/mol. The fourth-order valence-electron chi connectivity index (χ4n) is 9.60. The summed E-state index contributed by atoms with van der Waals surface area (Å²) >= 11 is 0. The lowest BCUT2D eigenvalue weighted by molar-refractivity contribution is 1.11. The van der Waals surface area contributed by atoms with Crippen LogP contribution >= 0.6 is 0 Å². The highest BCUT2D eigenvalue weighted by Gasteiger charge is 2.29. The summed E-state index contributed by atoms with van der Waals surface area (Å²) in [5, 5.41) is 25.7. The van der Waals surface area contributed by atoms with Crippen molar-refractivity contribution in [2.24, 2.45) is 0 Å². The molecule has 6 heteroatoms. The molecule has 1 aliphatic rings. The Balaban J connectivity index is 1.04. The van der Waals surface area contributed by atoms with E-state index in [4.69, 9.17) is 0 Å². The molecule has 0 spiro atoms. The van der Waals surface area contributed by atoms with Gasteiger partial charge in [-0.25, -0.2) is 0 Å². The Bertz CT molecular complexity index is 3640. The molecule has 0 unspecified atom stereocenters. The summed E-state index contributed by atoms with van der Waals surface area (Å²) < 4.78 is 4.61. The Hall–Kier alpha value is -8.84. The first-order valence-corrected chi connectivity index (χ1v) is 20.6. The maximum absolute atomic E-state index is 10.6. The summed E-state index contributed by atoms with van der Waals surface area (Å²) in [5.74, 6) is 0. The highest BCUT2D eigenvalue weighted by Crippen LogP contribution is 2.50. The fourth-order valence-corrected chi connectivity index (χ4v) is 9.60. The van der Waals surface area contributed by atoms with Crippen LogP contribution in [0.3, 0.4) is 0 Å². The third-order valence-corrected chi connectivity index (χ3v) is 12.2. The van der Waals surface area contributed by atoms with E-state index in [0.29, 0.717) is 11.1 Å². The summed E-state index contributed by atoms with van der Waals surface area (Å²) in [6.07, 6.45) is 0. The lowest BCUT2D eigenvalue weighted by Gasteiger charge is -2.33. The fraction of sp³-hybridized carbons (Fsp3) is 0. The lowest BCUT2D eigenvalue weighted by Crippen LogP contribution is -2.18. The molecule has 0 bridgehead atoms. The molecule has 0 radical (unpaired) electrons. The molecule has 0 fully saturated rings. The van der Waals surface area contributed by atoms with Crippen LogP contribution in [0.4, 0.5) is 34.1 Å². The minimum Gasteiger partial charge on any atom is -0.310 e. The van der Waals surface area contributed by atoms with Crippen molar-refractivity contribution in [1.82, 2.24) is 9.13 Å². The number of rotatable bonds is 6. The van der Waals surface area contributed by atoms with Crippen LogP contribution in [0.25, 0.3) is 66.1 Å². The number of nitriles is 2. The largest absolute Gasteiger partial charge is 0.310 e. The van der Waals surface area contributed by atoms with Gasteiger partial charge in [0, 0.05) is 50.0 Å². The SMILES string of the molecule is N#Cc1cc(-c2cc(C#N)cc(-n3c4ccccc4c4cc(N(c5ccccc5)c5ccccc5)ccc43)c2)cc(N2c3ccccc3-n3c4ccccc4c4cccc2c43)c1. The maximum Gasteiger partial charge on any atom is 0.0992 e. The highest BCUT2D eigenvalue weighted by molar-refractivity contribution is 6.17. The smallest absolute Gasteiger partial charge is 0.0992 e. The normalized spacial score (nSPS) is 11.8. The van der Waals surface area contributed by atoms with E-state index in [1.807, 2.05) is 36.4 Å². The molecule has 62 heavy (non-hydrogen) atoms. The van der Waals surface area contributed by atoms with Crippen LogP contribution in [0.5, 0.6) is 0 Å². The molecule has 0 amide bonds. The van der Waals surface area contributed by atoms with Crippen LogP contribution in [0.15, 0.2) is 206 Å². The average molecular weight is 791 g/mol. The molecular formula is C56H34N6. The number of hydrogen-bond donors (Lipinski definition) is 0. The molecule has 3 heterocycles. The van der Waals surface area contributed by atoms with Gasteiger partial charge in [-0.1, -0.05) is 97.1 Å². The number of para-hydroxylation sites is 7. The summed E-state index contributed by atoms with van der Waals surface area (Å²) in [6, 6.07) is 76.4. The van der Waals surface area contributed by atoms with Gasteiger partial charge in [-0.05, 0) is 120 Å². The van der Waals surface area contributed by atoms with Gasteiger partial charge < -0.3 is 18.9 Å². The number of hydrogen-bond acceptors (Lipinski definition) is 4. The van der Waals surface area contributed by atoms with Gasteiger partial charge in [0.15, 0.2) is 0 Å². The second kappa shape index (κ2) is 13.9. The first-order chi connectivity index (χ1) is 30.7. The first kappa shape index (κ1) is 35.1. The van der Waals surface area contributed by atoms with Crippen LogP contribution in [0.1, 0.15) is 11.1 Å². The van der Waals surface area contributed by atoms with Crippen molar-refractivity contribution in [2.45, 2.75) is 0 Å². The number of aromatic nitrogens is 2. The van der Waals surface area contributed by atoms with Crippen LogP contribution in [0, 0.1) is 22.7 Å². The molecule has 9 aromatic carbocycles. The van der Waals surface area contributed by atoms with E-state index in [-0.39, 0.29) is 0 Å². The van der Waals surface area contributed by atoms with E-state index in [1.54, 1.807) is 0 Å². The molecule has 0 saturated heterocycles. The van der Waals surface area contributed by atoms with Gasteiger partial charge in [-0.15, -0.1) is 0 Å². The number of nitrogens with zero attached hydrogens (tertiary/aromatic N) is 6. The van der Waals surface area contributed by atoms with Crippen LogP contribution < -0.4 is 9.80 Å². The minimum atomic E-state index is 0.529. The van der Waals surface area contributed by atoms with E-state index < -0.39 is 0 Å². The second-order valence-electron chi connectivity index (χ2n) is 15.7. The van der Waals surface area contributed by atoms with Gasteiger partial charge in [0.05, 0.1) is 62.4 Å². The molecule has 6 nitrogen and oxygen atoms in total. The molecular weight excluding hydrogens is 757 g/mol. The molecule has 288 valence electrons. The van der Waals surface area contributed by atoms with Gasteiger partial charge in [0.25, 0.3) is 0 Å². The van der Waals surface area contributed by atoms with Crippen molar-refractivity contribution in [3.05, 3.63) is 217 Å². The van der Waals surface area contributed by atoms with Crippen molar-refractivity contribution in [3.63, 3.8) is 0 Å². The Morgan fingerprint density at radius 2 is 0.871 bits per heavy atom. The molecule has 0 aliphatic carbocycles. The standard InChI is InChI=1S/C56H34N6/c57-35-37-28-39(40-29-38(36-58)31-45(33-40)61-53-23-11-12-24-54(53)62-51-22-10-7-18-46(51)48-20-13-25-55(61)56(48)62)32-44(30-37)60-50-21-9-8-19-47(50)49-34-43(26-27-52(49)60)59(41-14-3-1-4-15-41)42-16-5-2-6-17-42/h1-34H.